The summed E-state index contributed by atoms with van der Waals surface area (Å²) in [4.78, 5) is 23.3. The third-order valence-electron chi connectivity index (χ3n) is 2.96. The highest BCUT2D eigenvalue weighted by Gasteiger charge is 2.38. The SMILES string of the molecule is CC(C)(C)OC(=O)C1(N)CCCC(=O)CCC1. The molecule has 0 radical (unpaired) electrons. The second kappa shape index (κ2) is 5.17. The quantitative estimate of drug-likeness (QED) is 0.712. The first-order valence-electron chi connectivity index (χ1n) is 6.27. The van der Waals surface area contributed by atoms with Gasteiger partial charge in [0.25, 0.3) is 0 Å². The van der Waals surface area contributed by atoms with Gasteiger partial charge in [0.2, 0.25) is 0 Å². The van der Waals surface area contributed by atoms with Crippen molar-refractivity contribution in [3.05, 3.63) is 0 Å². The maximum atomic E-state index is 12.0. The summed E-state index contributed by atoms with van der Waals surface area (Å²) in [5.74, 6) is -0.0596. The van der Waals surface area contributed by atoms with E-state index in [4.69, 9.17) is 10.5 Å². The van der Waals surface area contributed by atoms with Crippen LogP contribution in [0, 0.1) is 0 Å². The van der Waals surface area contributed by atoms with Crippen molar-refractivity contribution in [3.8, 4) is 0 Å². The van der Waals surface area contributed by atoms with Gasteiger partial charge in [-0.2, -0.15) is 0 Å². The van der Waals surface area contributed by atoms with Crippen molar-refractivity contribution in [2.45, 2.75) is 70.4 Å². The van der Waals surface area contributed by atoms with Crippen molar-refractivity contribution in [3.63, 3.8) is 0 Å². The second-order valence-electron chi connectivity index (χ2n) is 5.90. The standard InChI is InChI=1S/C13H23NO3/c1-12(2,3)17-11(16)13(14)8-4-6-10(15)7-5-9-13/h4-9,14H2,1-3H3. The maximum Gasteiger partial charge on any atom is 0.326 e. The van der Waals surface area contributed by atoms with Gasteiger partial charge < -0.3 is 10.5 Å². The van der Waals surface area contributed by atoms with Crippen LogP contribution in [0.25, 0.3) is 0 Å². The monoisotopic (exact) mass is 241 g/mol. The molecule has 17 heavy (non-hydrogen) atoms. The van der Waals surface area contributed by atoms with Crippen LogP contribution >= 0.6 is 0 Å². The first kappa shape index (κ1) is 14.2. The van der Waals surface area contributed by atoms with E-state index in [1.54, 1.807) is 0 Å². The third-order valence-corrected chi connectivity index (χ3v) is 2.96. The minimum atomic E-state index is -0.909. The summed E-state index contributed by atoms with van der Waals surface area (Å²) >= 11 is 0. The number of nitrogens with two attached hydrogens (primary N) is 1. The molecule has 0 unspecified atom stereocenters. The lowest BCUT2D eigenvalue weighted by molar-refractivity contribution is -0.162. The van der Waals surface area contributed by atoms with E-state index in [1.807, 2.05) is 20.8 Å². The molecule has 0 aromatic rings. The lowest BCUT2D eigenvalue weighted by Gasteiger charge is -2.32. The van der Waals surface area contributed by atoms with Gasteiger partial charge in [-0.15, -0.1) is 0 Å². The number of esters is 1. The van der Waals surface area contributed by atoms with Crippen LogP contribution in [-0.4, -0.2) is 22.9 Å². The van der Waals surface area contributed by atoms with E-state index in [1.165, 1.54) is 0 Å². The molecule has 0 spiro atoms. The fourth-order valence-corrected chi connectivity index (χ4v) is 2.04. The van der Waals surface area contributed by atoms with Crippen LogP contribution in [0.4, 0.5) is 0 Å². The fourth-order valence-electron chi connectivity index (χ4n) is 2.04. The van der Waals surface area contributed by atoms with Crippen molar-refractivity contribution in [1.29, 1.82) is 0 Å². The predicted octanol–water partition coefficient (Wildman–Crippen LogP) is 1.95. The molecule has 1 rings (SSSR count). The molecule has 1 fully saturated rings. The Morgan fingerprint density at radius 1 is 1.24 bits per heavy atom. The smallest absolute Gasteiger partial charge is 0.326 e. The van der Waals surface area contributed by atoms with Crippen molar-refractivity contribution in [2.24, 2.45) is 5.73 Å². The van der Waals surface area contributed by atoms with Crippen LogP contribution in [0.2, 0.25) is 0 Å². The Morgan fingerprint density at radius 2 is 1.71 bits per heavy atom. The van der Waals surface area contributed by atoms with Gasteiger partial charge in [-0.1, -0.05) is 0 Å². The van der Waals surface area contributed by atoms with Gasteiger partial charge in [-0.05, 0) is 46.5 Å². The zero-order valence-electron chi connectivity index (χ0n) is 11.0. The Hall–Kier alpha value is -0.900. The summed E-state index contributed by atoms with van der Waals surface area (Å²) in [6, 6.07) is 0. The highest BCUT2D eigenvalue weighted by molar-refractivity contribution is 5.82. The van der Waals surface area contributed by atoms with Gasteiger partial charge in [0.15, 0.2) is 0 Å². The zero-order chi connectivity index (χ0) is 13.1. The molecule has 0 saturated heterocycles. The van der Waals surface area contributed by atoms with Crippen LogP contribution in [0.15, 0.2) is 0 Å². The summed E-state index contributed by atoms with van der Waals surface area (Å²) in [5, 5.41) is 0. The van der Waals surface area contributed by atoms with E-state index in [0.717, 1.165) is 0 Å². The molecule has 0 aromatic heterocycles. The van der Waals surface area contributed by atoms with E-state index < -0.39 is 11.1 Å². The number of Topliss-reactive ketones (excluding diaryl/α,β-unsaturated/α-hetero) is 1. The molecular weight excluding hydrogens is 218 g/mol. The van der Waals surface area contributed by atoms with E-state index in [0.29, 0.717) is 38.5 Å². The summed E-state index contributed by atoms with van der Waals surface area (Å²) < 4.78 is 5.35. The van der Waals surface area contributed by atoms with Gasteiger partial charge in [-0.25, -0.2) is 0 Å². The predicted molar refractivity (Wildman–Crippen MR) is 65.5 cm³/mol. The normalized spacial score (nSPS) is 21.5. The van der Waals surface area contributed by atoms with Crippen LogP contribution in [-0.2, 0) is 14.3 Å². The Bertz CT molecular complexity index is 292. The van der Waals surface area contributed by atoms with Gasteiger partial charge >= 0.3 is 5.97 Å². The van der Waals surface area contributed by atoms with E-state index in [-0.39, 0.29) is 11.8 Å². The van der Waals surface area contributed by atoms with Crippen molar-refractivity contribution in [1.82, 2.24) is 0 Å². The van der Waals surface area contributed by atoms with Crippen molar-refractivity contribution >= 4 is 11.8 Å². The third kappa shape index (κ3) is 4.46. The number of ether oxygens (including phenoxy) is 1. The fraction of sp³-hybridized carbons (Fsp3) is 0.846. The number of rotatable bonds is 1. The topological polar surface area (TPSA) is 69.4 Å². The van der Waals surface area contributed by atoms with Crippen molar-refractivity contribution in [2.75, 3.05) is 0 Å². The molecule has 0 amide bonds. The molecule has 1 saturated carbocycles. The van der Waals surface area contributed by atoms with Gasteiger partial charge in [0, 0.05) is 12.8 Å². The molecule has 1 aliphatic carbocycles. The van der Waals surface area contributed by atoms with E-state index in [2.05, 4.69) is 0 Å². The number of ketones is 1. The van der Waals surface area contributed by atoms with Crippen LogP contribution in [0.5, 0.6) is 0 Å². The lowest BCUT2D eigenvalue weighted by atomic mass is 9.84. The average Bonchev–Trinajstić information content (AvgIpc) is 2.12. The number of hydrogen-bond acceptors (Lipinski definition) is 4. The molecular formula is C13H23NO3. The Kier molecular flexibility index (Phi) is 4.31. The number of carbonyl (C=O) groups excluding carboxylic acids is 2. The lowest BCUT2D eigenvalue weighted by Crippen LogP contribution is -2.51. The summed E-state index contributed by atoms with van der Waals surface area (Å²) in [5.41, 5.74) is 4.72. The average molecular weight is 241 g/mol. The molecule has 4 heteroatoms. The summed E-state index contributed by atoms with van der Waals surface area (Å²) in [6.07, 6.45) is 3.48. The van der Waals surface area contributed by atoms with E-state index >= 15 is 0 Å². The van der Waals surface area contributed by atoms with Crippen LogP contribution < -0.4 is 5.73 Å². The minimum absolute atomic E-state index is 0.274. The Morgan fingerprint density at radius 3 is 2.12 bits per heavy atom. The first-order valence-corrected chi connectivity index (χ1v) is 6.27. The minimum Gasteiger partial charge on any atom is -0.459 e. The second-order valence-corrected chi connectivity index (χ2v) is 5.90. The largest absolute Gasteiger partial charge is 0.459 e. The van der Waals surface area contributed by atoms with E-state index in [9.17, 15) is 9.59 Å². The Labute approximate surface area is 103 Å². The molecule has 0 atom stereocenters. The van der Waals surface area contributed by atoms with Crippen LogP contribution in [0.3, 0.4) is 0 Å². The Balaban J connectivity index is 2.65. The molecule has 1 aliphatic rings. The molecule has 98 valence electrons. The molecule has 2 N–H and O–H groups in total. The summed E-state index contributed by atoms with van der Waals surface area (Å²) in [6.45, 7) is 5.50. The van der Waals surface area contributed by atoms with Crippen molar-refractivity contribution < 1.29 is 14.3 Å². The summed E-state index contributed by atoms with van der Waals surface area (Å²) in [7, 11) is 0. The van der Waals surface area contributed by atoms with Gasteiger partial charge in [0.1, 0.15) is 16.9 Å². The molecule has 0 aromatic carbocycles. The molecule has 0 bridgehead atoms. The molecule has 0 aliphatic heterocycles. The van der Waals surface area contributed by atoms with Gasteiger partial charge in [-0.3, -0.25) is 9.59 Å². The number of carbonyl (C=O) groups is 2. The first-order chi connectivity index (χ1) is 7.73. The van der Waals surface area contributed by atoms with Gasteiger partial charge in [0.05, 0.1) is 0 Å². The highest BCUT2D eigenvalue weighted by atomic mass is 16.6. The molecule has 0 heterocycles. The highest BCUT2D eigenvalue weighted by Crippen LogP contribution is 2.26. The number of hydrogen-bond donors (Lipinski definition) is 1. The van der Waals surface area contributed by atoms with Crippen LogP contribution in [0.1, 0.15) is 59.3 Å². The zero-order valence-corrected chi connectivity index (χ0v) is 11.0. The molecule has 4 nitrogen and oxygen atoms in total. The maximum absolute atomic E-state index is 12.0.